The van der Waals surface area contributed by atoms with Crippen LogP contribution in [0.5, 0.6) is 0 Å². The highest BCUT2D eigenvalue weighted by atomic mass is 31.3. The molecule has 9 nitrogen and oxygen atoms in total. The van der Waals surface area contributed by atoms with Gasteiger partial charge in [0.25, 0.3) is 0 Å². The van der Waals surface area contributed by atoms with Gasteiger partial charge in [-0.05, 0) is 6.92 Å². The van der Waals surface area contributed by atoms with Crippen molar-refractivity contribution in [1.82, 2.24) is 0 Å². The van der Waals surface area contributed by atoms with E-state index >= 15 is 0 Å². The van der Waals surface area contributed by atoms with Gasteiger partial charge in [0.1, 0.15) is 0 Å². The zero-order chi connectivity index (χ0) is 11.9. The van der Waals surface area contributed by atoms with E-state index in [1.54, 1.807) is 0 Å². The summed E-state index contributed by atoms with van der Waals surface area (Å²) in [5, 5.41) is 0. The minimum absolute atomic E-state index is 0.0766. The molecule has 3 unspecified atom stereocenters. The molecule has 1 heterocycles. The third-order valence-corrected chi connectivity index (χ3v) is 6.61. The molecular formula is C3H9O9P3. The minimum Gasteiger partial charge on any atom is -0.307 e. The Balaban J connectivity index is 2.69. The largest absolute Gasteiger partial charge is 0.488 e. The first kappa shape index (κ1) is 13.5. The molecule has 0 saturated carbocycles. The molecule has 1 aliphatic rings. The molecule has 15 heavy (non-hydrogen) atoms. The van der Waals surface area contributed by atoms with Crippen molar-refractivity contribution >= 4 is 23.2 Å². The Kier molecular flexibility index (Phi) is 3.64. The van der Waals surface area contributed by atoms with Gasteiger partial charge in [0.05, 0.1) is 12.3 Å². The van der Waals surface area contributed by atoms with E-state index in [1.807, 2.05) is 0 Å². The molecule has 3 atom stereocenters. The average Bonchev–Trinajstić information content (AvgIpc) is 1.96. The second-order valence-corrected chi connectivity index (χ2v) is 8.25. The Bertz CT molecular complexity index is 382. The Hall–Kier alpha value is 0.450. The first-order valence-electron chi connectivity index (χ1n) is 3.59. The van der Waals surface area contributed by atoms with Crippen molar-refractivity contribution < 1.29 is 41.5 Å². The van der Waals surface area contributed by atoms with Gasteiger partial charge in [-0.1, -0.05) is 0 Å². The molecule has 0 aromatic carbocycles. The highest BCUT2D eigenvalue weighted by Gasteiger charge is 2.49. The minimum atomic E-state index is -5.19. The van der Waals surface area contributed by atoms with Crippen LogP contribution in [0.15, 0.2) is 0 Å². The van der Waals surface area contributed by atoms with E-state index in [-0.39, 0.29) is 6.61 Å². The first-order valence-corrected chi connectivity index (χ1v) is 8.23. The Morgan fingerprint density at radius 3 is 2.20 bits per heavy atom. The van der Waals surface area contributed by atoms with Crippen LogP contribution in [0.1, 0.15) is 6.92 Å². The average molecular weight is 282 g/mol. The van der Waals surface area contributed by atoms with Crippen LogP contribution >= 0.6 is 23.2 Å². The summed E-state index contributed by atoms with van der Waals surface area (Å²) in [6, 6.07) is 0. The predicted octanol–water partition coefficient (Wildman–Crippen LogP) is 0.824. The van der Waals surface area contributed by atoms with E-state index in [9.17, 15) is 13.7 Å². The molecule has 0 radical (unpaired) electrons. The molecule has 12 heteroatoms. The van der Waals surface area contributed by atoms with Crippen molar-refractivity contribution in [2.24, 2.45) is 0 Å². The first-order chi connectivity index (χ1) is 6.54. The van der Waals surface area contributed by atoms with Crippen LogP contribution in [-0.2, 0) is 26.8 Å². The summed E-state index contributed by atoms with van der Waals surface area (Å²) in [7, 11) is -14.1. The highest BCUT2D eigenvalue weighted by molar-refractivity contribution is 7.69. The van der Waals surface area contributed by atoms with Gasteiger partial charge in [-0.2, -0.15) is 4.31 Å². The molecular weight excluding hydrogens is 273 g/mol. The quantitative estimate of drug-likeness (QED) is 0.639. The summed E-state index contributed by atoms with van der Waals surface area (Å²) in [5.74, 6) is 0. The number of hydrogen-bond donors (Lipinski definition) is 3. The lowest BCUT2D eigenvalue weighted by molar-refractivity contribution is 0.167. The van der Waals surface area contributed by atoms with Gasteiger partial charge >= 0.3 is 23.2 Å². The van der Waals surface area contributed by atoms with Crippen LogP contribution in [0.25, 0.3) is 0 Å². The van der Waals surface area contributed by atoms with Crippen LogP contribution in [0.4, 0.5) is 0 Å². The van der Waals surface area contributed by atoms with E-state index in [1.165, 1.54) is 6.92 Å². The Labute approximate surface area is 84.7 Å². The van der Waals surface area contributed by atoms with Crippen LogP contribution in [0, 0.1) is 0 Å². The molecule has 1 aliphatic heterocycles. The fraction of sp³-hybridized carbons (Fsp3) is 1.00. The topological polar surface area (TPSA) is 140 Å². The summed E-state index contributed by atoms with van der Waals surface area (Å²) in [6.45, 7) is 1.51. The monoisotopic (exact) mass is 282 g/mol. The summed E-state index contributed by atoms with van der Waals surface area (Å²) < 4.78 is 44.6. The van der Waals surface area contributed by atoms with Crippen LogP contribution in [0.2, 0.25) is 0 Å². The SMILES string of the molecule is CC1COP1(=O)OP(=O)(O)OP(=O)(O)O. The van der Waals surface area contributed by atoms with Crippen LogP contribution in [0.3, 0.4) is 0 Å². The van der Waals surface area contributed by atoms with Crippen molar-refractivity contribution in [3.8, 4) is 0 Å². The molecule has 0 spiro atoms. The fourth-order valence-electron chi connectivity index (χ4n) is 0.743. The smallest absolute Gasteiger partial charge is 0.307 e. The normalized spacial score (nSPS) is 35.6. The fourth-order valence-corrected chi connectivity index (χ4v) is 4.88. The third-order valence-electron chi connectivity index (χ3n) is 1.46. The molecule has 0 amide bonds. The van der Waals surface area contributed by atoms with Crippen molar-refractivity contribution in [1.29, 1.82) is 0 Å². The lowest BCUT2D eigenvalue weighted by atomic mass is 10.5. The van der Waals surface area contributed by atoms with E-state index in [2.05, 4.69) is 13.1 Å². The number of hydrogen-bond acceptors (Lipinski definition) is 6. The molecule has 0 aliphatic carbocycles. The molecule has 0 bridgehead atoms. The predicted molar refractivity (Wildman–Crippen MR) is 47.1 cm³/mol. The highest BCUT2D eigenvalue weighted by Crippen LogP contribution is 2.72. The lowest BCUT2D eigenvalue weighted by Crippen LogP contribution is -2.25. The summed E-state index contributed by atoms with van der Waals surface area (Å²) in [5.41, 5.74) is -0.613. The van der Waals surface area contributed by atoms with E-state index in [0.29, 0.717) is 0 Å². The molecule has 90 valence electrons. The van der Waals surface area contributed by atoms with Gasteiger partial charge in [-0.15, -0.1) is 0 Å². The molecule has 1 saturated heterocycles. The number of phosphoric acid groups is 2. The molecule has 0 aromatic heterocycles. The van der Waals surface area contributed by atoms with Crippen molar-refractivity contribution in [2.75, 3.05) is 6.61 Å². The Morgan fingerprint density at radius 2 is 1.93 bits per heavy atom. The van der Waals surface area contributed by atoms with Crippen LogP contribution < -0.4 is 0 Å². The summed E-state index contributed by atoms with van der Waals surface area (Å²) in [6.07, 6.45) is 0. The molecule has 0 aromatic rings. The van der Waals surface area contributed by atoms with E-state index in [0.717, 1.165) is 0 Å². The van der Waals surface area contributed by atoms with Gasteiger partial charge in [-0.3, -0.25) is 4.57 Å². The summed E-state index contributed by atoms with van der Waals surface area (Å²) in [4.78, 5) is 25.3. The maximum atomic E-state index is 11.4. The van der Waals surface area contributed by atoms with Gasteiger partial charge in [0.2, 0.25) is 0 Å². The third kappa shape index (κ3) is 3.75. The van der Waals surface area contributed by atoms with E-state index < -0.39 is 28.9 Å². The molecule has 1 fully saturated rings. The van der Waals surface area contributed by atoms with E-state index in [4.69, 9.17) is 14.7 Å². The van der Waals surface area contributed by atoms with Crippen molar-refractivity contribution in [3.05, 3.63) is 0 Å². The summed E-state index contributed by atoms with van der Waals surface area (Å²) >= 11 is 0. The zero-order valence-corrected chi connectivity index (χ0v) is 10.1. The second kappa shape index (κ2) is 4.04. The Morgan fingerprint density at radius 1 is 1.40 bits per heavy atom. The maximum absolute atomic E-state index is 11.4. The van der Waals surface area contributed by atoms with Crippen LogP contribution in [-0.4, -0.2) is 26.9 Å². The van der Waals surface area contributed by atoms with Crippen molar-refractivity contribution in [3.63, 3.8) is 0 Å². The van der Waals surface area contributed by atoms with Crippen molar-refractivity contribution in [2.45, 2.75) is 12.6 Å². The lowest BCUT2D eigenvalue weighted by Gasteiger charge is -2.33. The van der Waals surface area contributed by atoms with Gasteiger partial charge in [0.15, 0.2) is 0 Å². The molecule has 1 rings (SSSR count). The van der Waals surface area contributed by atoms with Gasteiger partial charge in [-0.25, -0.2) is 13.4 Å². The standard InChI is InChI=1S/C3H9O9P3/c1-3-2-10-13(3,4)11-15(8,9)12-14(5,6)7/h3H,2H2,1H3,(H,8,9)(H2,5,6,7). The molecule has 3 N–H and O–H groups in total. The van der Waals surface area contributed by atoms with Gasteiger partial charge in [0, 0.05) is 0 Å². The zero-order valence-electron chi connectivity index (χ0n) is 7.42. The van der Waals surface area contributed by atoms with Gasteiger partial charge < -0.3 is 19.2 Å². The number of rotatable bonds is 4. The second-order valence-electron chi connectivity index (χ2n) is 2.81. The maximum Gasteiger partial charge on any atom is 0.488 e.